The second-order valence-electron chi connectivity index (χ2n) is 6.74. The molecule has 0 spiro atoms. The van der Waals surface area contributed by atoms with Crippen LogP contribution in [0.4, 0.5) is 11.4 Å². The van der Waals surface area contributed by atoms with E-state index in [4.69, 9.17) is 0 Å². The summed E-state index contributed by atoms with van der Waals surface area (Å²) < 4.78 is 0. The fourth-order valence-corrected chi connectivity index (χ4v) is 3.36. The molecule has 0 unspecified atom stereocenters. The number of rotatable bonds is 4. The molecule has 7 nitrogen and oxygen atoms in total. The monoisotopic (exact) mass is 386 g/mol. The van der Waals surface area contributed by atoms with Crippen LogP contribution in [0.25, 0.3) is 22.4 Å². The molecule has 0 aliphatic rings. The van der Waals surface area contributed by atoms with Crippen LogP contribution in [0, 0.1) is 24.0 Å². The summed E-state index contributed by atoms with van der Waals surface area (Å²) in [5.74, 6) is 0.322. The number of H-pyrrole nitrogens is 1. The van der Waals surface area contributed by atoms with Crippen LogP contribution < -0.4 is 5.32 Å². The Morgan fingerprint density at radius 2 is 1.76 bits per heavy atom. The predicted molar refractivity (Wildman–Crippen MR) is 112 cm³/mol. The maximum atomic E-state index is 12.8. The third-order valence-electron chi connectivity index (χ3n) is 4.97. The summed E-state index contributed by atoms with van der Waals surface area (Å²) in [7, 11) is 0. The number of nitro benzene ring substituents is 1. The van der Waals surface area contributed by atoms with Crippen molar-refractivity contribution in [2.24, 2.45) is 0 Å². The SMILES string of the molecule is Cc1c(NC(=O)c2cccc([N+](=O)[O-])c2C)cccc1-c1nc2ccccc2[nH]1. The van der Waals surface area contributed by atoms with Crippen molar-refractivity contribution in [3.05, 3.63) is 87.5 Å². The third-order valence-corrected chi connectivity index (χ3v) is 4.97. The second kappa shape index (κ2) is 7.20. The number of anilines is 1. The summed E-state index contributed by atoms with van der Waals surface area (Å²) in [6.45, 7) is 3.48. The van der Waals surface area contributed by atoms with E-state index in [-0.39, 0.29) is 11.3 Å². The molecular weight excluding hydrogens is 368 g/mol. The Labute approximate surface area is 166 Å². The Bertz CT molecular complexity index is 1230. The maximum Gasteiger partial charge on any atom is 0.273 e. The van der Waals surface area contributed by atoms with Crippen LogP contribution in [0.5, 0.6) is 0 Å². The van der Waals surface area contributed by atoms with Gasteiger partial charge in [-0.15, -0.1) is 0 Å². The normalized spacial score (nSPS) is 10.8. The molecule has 2 N–H and O–H groups in total. The number of nitro groups is 1. The Balaban J connectivity index is 1.69. The Kier molecular flexibility index (Phi) is 4.56. The lowest BCUT2D eigenvalue weighted by atomic mass is 10.0. The molecule has 144 valence electrons. The number of benzene rings is 3. The van der Waals surface area contributed by atoms with Gasteiger partial charge in [0.2, 0.25) is 0 Å². The molecule has 3 aromatic carbocycles. The number of nitrogens with one attached hydrogen (secondary N) is 2. The number of hydrogen-bond donors (Lipinski definition) is 2. The first-order valence-corrected chi connectivity index (χ1v) is 9.06. The van der Waals surface area contributed by atoms with Crippen LogP contribution in [0.2, 0.25) is 0 Å². The molecule has 0 fully saturated rings. The number of amides is 1. The lowest BCUT2D eigenvalue weighted by Crippen LogP contribution is -2.15. The van der Waals surface area contributed by atoms with Gasteiger partial charge in [0.15, 0.2) is 0 Å². The molecule has 0 atom stereocenters. The third kappa shape index (κ3) is 3.34. The zero-order valence-corrected chi connectivity index (χ0v) is 15.9. The Hall–Kier alpha value is -4.00. The number of aromatic amines is 1. The first kappa shape index (κ1) is 18.4. The molecule has 4 rings (SSSR count). The fraction of sp³-hybridized carbons (Fsp3) is 0.0909. The first-order chi connectivity index (χ1) is 14.0. The van der Waals surface area contributed by atoms with E-state index in [1.54, 1.807) is 19.1 Å². The highest BCUT2D eigenvalue weighted by molar-refractivity contribution is 6.06. The van der Waals surface area contributed by atoms with E-state index in [0.29, 0.717) is 17.1 Å². The van der Waals surface area contributed by atoms with Gasteiger partial charge in [-0.3, -0.25) is 14.9 Å². The van der Waals surface area contributed by atoms with E-state index in [1.165, 1.54) is 12.1 Å². The molecule has 1 heterocycles. The van der Waals surface area contributed by atoms with E-state index < -0.39 is 10.8 Å². The van der Waals surface area contributed by atoms with Gasteiger partial charge >= 0.3 is 0 Å². The van der Waals surface area contributed by atoms with Gasteiger partial charge < -0.3 is 10.3 Å². The summed E-state index contributed by atoms with van der Waals surface area (Å²) >= 11 is 0. The van der Waals surface area contributed by atoms with Crippen molar-refractivity contribution in [1.82, 2.24) is 9.97 Å². The number of nitrogens with zero attached hydrogens (tertiary/aromatic N) is 2. The average Bonchev–Trinajstić information content (AvgIpc) is 3.13. The van der Waals surface area contributed by atoms with E-state index in [0.717, 1.165) is 22.2 Å². The average molecular weight is 386 g/mol. The van der Waals surface area contributed by atoms with Crippen LogP contribution in [0.15, 0.2) is 60.7 Å². The second-order valence-corrected chi connectivity index (χ2v) is 6.74. The number of hydrogen-bond acceptors (Lipinski definition) is 4. The van der Waals surface area contributed by atoms with Crippen molar-refractivity contribution < 1.29 is 9.72 Å². The van der Waals surface area contributed by atoms with Gasteiger partial charge in [0.1, 0.15) is 5.82 Å². The number of fused-ring (bicyclic) bond motifs is 1. The summed E-state index contributed by atoms with van der Waals surface area (Å²) in [5, 5.41) is 14.0. The number of carbonyl (C=O) groups is 1. The lowest BCUT2D eigenvalue weighted by molar-refractivity contribution is -0.385. The quantitative estimate of drug-likeness (QED) is 0.380. The van der Waals surface area contributed by atoms with Crippen molar-refractivity contribution in [2.75, 3.05) is 5.32 Å². The molecule has 0 aliphatic heterocycles. The molecule has 0 saturated carbocycles. The van der Waals surface area contributed by atoms with Crippen molar-refractivity contribution in [2.45, 2.75) is 13.8 Å². The van der Waals surface area contributed by atoms with E-state index >= 15 is 0 Å². The molecule has 0 radical (unpaired) electrons. The zero-order chi connectivity index (χ0) is 20.5. The molecule has 0 bridgehead atoms. The molecular formula is C22H18N4O3. The molecule has 1 aromatic heterocycles. The number of para-hydroxylation sites is 2. The molecule has 4 aromatic rings. The van der Waals surface area contributed by atoms with Crippen molar-refractivity contribution in [3.63, 3.8) is 0 Å². The summed E-state index contributed by atoms with van der Waals surface area (Å²) in [5.41, 5.74) is 4.67. The van der Waals surface area contributed by atoms with Gasteiger partial charge in [-0.25, -0.2) is 4.98 Å². The van der Waals surface area contributed by atoms with Gasteiger partial charge in [0, 0.05) is 28.4 Å². The largest absolute Gasteiger partial charge is 0.338 e. The van der Waals surface area contributed by atoms with Gasteiger partial charge in [0.25, 0.3) is 11.6 Å². The molecule has 7 heteroatoms. The summed E-state index contributed by atoms with van der Waals surface area (Å²) in [6, 6.07) is 17.8. The molecule has 0 saturated heterocycles. The van der Waals surface area contributed by atoms with Crippen molar-refractivity contribution >= 4 is 28.3 Å². The van der Waals surface area contributed by atoms with E-state index in [2.05, 4.69) is 15.3 Å². The number of aromatic nitrogens is 2. The zero-order valence-electron chi connectivity index (χ0n) is 15.9. The minimum Gasteiger partial charge on any atom is -0.338 e. The minimum atomic E-state index is -0.487. The molecule has 29 heavy (non-hydrogen) atoms. The van der Waals surface area contributed by atoms with Crippen LogP contribution in [0.3, 0.4) is 0 Å². The predicted octanol–water partition coefficient (Wildman–Crippen LogP) is 5.01. The number of imidazole rings is 1. The highest BCUT2D eigenvalue weighted by Gasteiger charge is 2.19. The topological polar surface area (TPSA) is 101 Å². The lowest BCUT2D eigenvalue weighted by Gasteiger charge is -2.12. The summed E-state index contributed by atoms with van der Waals surface area (Å²) in [6.07, 6.45) is 0. The van der Waals surface area contributed by atoms with Crippen molar-refractivity contribution in [1.29, 1.82) is 0 Å². The van der Waals surface area contributed by atoms with Gasteiger partial charge in [-0.2, -0.15) is 0 Å². The van der Waals surface area contributed by atoms with Gasteiger partial charge in [-0.1, -0.05) is 30.3 Å². The van der Waals surface area contributed by atoms with Crippen LogP contribution in [0.1, 0.15) is 21.5 Å². The van der Waals surface area contributed by atoms with Crippen molar-refractivity contribution in [3.8, 4) is 11.4 Å². The van der Waals surface area contributed by atoms with Crippen LogP contribution >= 0.6 is 0 Å². The highest BCUT2D eigenvalue weighted by Crippen LogP contribution is 2.29. The Morgan fingerprint density at radius 3 is 2.52 bits per heavy atom. The Morgan fingerprint density at radius 1 is 1.00 bits per heavy atom. The number of carbonyl (C=O) groups excluding carboxylic acids is 1. The standard InChI is InChI=1S/C22H18N4O3/c1-13-15(21-23-18-9-3-4-10-19(18)24-21)7-5-11-17(13)25-22(27)16-8-6-12-20(14(16)2)26(28)29/h3-12H,1-2H3,(H,23,24)(H,25,27). The van der Waals surface area contributed by atoms with Crippen LogP contribution in [-0.2, 0) is 0 Å². The van der Waals surface area contributed by atoms with E-state index in [9.17, 15) is 14.9 Å². The maximum absolute atomic E-state index is 12.8. The van der Waals surface area contributed by atoms with Crippen LogP contribution in [-0.4, -0.2) is 20.8 Å². The fourth-order valence-electron chi connectivity index (χ4n) is 3.36. The van der Waals surface area contributed by atoms with Gasteiger partial charge in [0.05, 0.1) is 16.0 Å². The summed E-state index contributed by atoms with van der Waals surface area (Å²) in [4.78, 5) is 31.4. The van der Waals surface area contributed by atoms with E-state index in [1.807, 2.05) is 43.3 Å². The molecule has 0 aliphatic carbocycles. The highest BCUT2D eigenvalue weighted by atomic mass is 16.6. The first-order valence-electron chi connectivity index (χ1n) is 9.06. The van der Waals surface area contributed by atoms with Gasteiger partial charge in [-0.05, 0) is 43.7 Å². The molecule has 1 amide bonds. The minimum absolute atomic E-state index is 0.0783. The smallest absolute Gasteiger partial charge is 0.273 e.